The lowest BCUT2D eigenvalue weighted by Gasteiger charge is -2.30. The molecule has 2 aromatic heterocycles. The first-order chi connectivity index (χ1) is 9.35. The Morgan fingerprint density at radius 2 is 2.10 bits per heavy atom. The molecule has 0 aliphatic carbocycles. The smallest absolute Gasteiger partial charge is 0.191 e. The first-order valence-electron chi connectivity index (χ1n) is 6.74. The molecule has 0 bridgehead atoms. The van der Waals surface area contributed by atoms with Crippen LogP contribution in [0.5, 0.6) is 0 Å². The summed E-state index contributed by atoms with van der Waals surface area (Å²) in [6, 6.07) is 0. The molecule has 4 nitrogen and oxygen atoms in total. The average molecular weight is 309 g/mol. The van der Waals surface area contributed by atoms with Gasteiger partial charge < -0.3 is 10.5 Å². The molecule has 20 heavy (non-hydrogen) atoms. The maximum atomic E-state index is 6.19. The zero-order valence-electron chi connectivity index (χ0n) is 12.2. The Labute approximate surface area is 127 Å². The summed E-state index contributed by atoms with van der Waals surface area (Å²) < 4.78 is 5.87. The first-order valence-corrected chi connectivity index (χ1v) is 8.44. The maximum Gasteiger partial charge on any atom is 0.191 e. The van der Waals surface area contributed by atoms with E-state index in [1.165, 1.54) is 10.4 Å². The van der Waals surface area contributed by atoms with E-state index in [0.717, 1.165) is 21.8 Å². The highest BCUT2D eigenvalue weighted by atomic mass is 32.2. The lowest BCUT2D eigenvalue weighted by molar-refractivity contribution is -0.0379. The van der Waals surface area contributed by atoms with E-state index in [0.29, 0.717) is 17.7 Å². The van der Waals surface area contributed by atoms with Gasteiger partial charge in [0.15, 0.2) is 5.16 Å². The minimum Gasteiger partial charge on any atom is -0.383 e. The number of anilines is 1. The van der Waals surface area contributed by atoms with Crippen molar-refractivity contribution in [3.05, 3.63) is 10.4 Å². The highest BCUT2D eigenvalue weighted by molar-refractivity contribution is 7.99. The number of rotatable bonds is 2. The van der Waals surface area contributed by atoms with Gasteiger partial charge in [-0.2, -0.15) is 0 Å². The predicted molar refractivity (Wildman–Crippen MR) is 85.4 cm³/mol. The van der Waals surface area contributed by atoms with E-state index in [1.807, 2.05) is 0 Å². The number of nitrogens with zero attached hydrogens (tertiary/aromatic N) is 2. The van der Waals surface area contributed by atoms with Crippen LogP contribution in [0.2, 0.25) is 0 Å². The van der Waals surface area contributed by atoms with Crippen molar-refractivity contribution >= 4 is 39.1 Å². The van der Waals surface area contributed by atoms with Crippen molar-refractivity contribution in [1.29, 1.82) is 0 Å². The fourth-order valence-corrected chi connectivity index (χ4v) is 4.30. The second-order valence-electron chi connectivity index (χ2n) is 5.97. The number of thioether (sulfide) groups is 1. The minimum atomic E-state index is -0.140. The van der Waals surface area contributed by atoms with Crippen LogP contribution in [-0.4, -0.2) is 20.8 Å². The van der Waals surface area contributed by atoms with Crippen LogP contribution in [0.25, 0.3) is 10.2 Å². The van der Waals surface area contributed by atoms with Crippen molar-refractivity contribution in [1.82, 2.24) is 9.97 Å². The van der Waals surface area contributed by atoms with Crippen molar-refractivity contribution in [2.75, 3.05) is 5.73 Å². The zero-order valence-corrected chi connectivity index (χ0v) is 13.8. The van der Waals surface area contributed by atoms with E-state index in [9.17, 15) is 0 Å². The van der Waals surface area contributed by atoms with Gasteiger partial charge in [0.25, 0.3) is 0 Å². The van der Waals surface area contributed by atoms with Crippen molar-refractivity contribution in [3.8, 4) is 0 Å². The van der Waals surface area contributed by atoms with Gasteiger partial charge in [-0.15, -0.1) is 11.3 Å². The summed E-state index contributed by atoms with van der Waals surface area (Å²) in [4.78, 5) is 11.4. The average Bonchev–Trinajstić information content (AvgIpc) is 2.64. The van der Waals surface area contributed by atoms with Gasteiger partial charge in [0.05, 0.1) is 17.6 Å². The molecule has 0 atom stereocenters. The molecule has 1 aliphatic rings. The van der Waals surface area contributed by atoms with Gasteiger partial charge in [-0.25, -0.2) is 9.97 Å². The van der Waals surface area contributed by atoms with Crippen LogP contribution < -0.4 is 5.73 Å². The monoisotopic (exact) mass is 309 g/mol. The predicted octanol–water partition coefficient (Wildman–Crippen LogP) is 3.63. The Bertz CT molecular complexity index is 664. The van der Waals surface area contributed by atoms with Crippen LogP contribution in [0.3, 0.4) is 0 Å². The molecule has 0 aromatic carbocycles. The van der Waals surface area contributed by atoms with E-state index >= 15 is 0 Å². The SMILES string of the molecule is CC(C)Sc1nc(N)c2c3c(sc2n1)COC(C)(C)C3. The van der Waals surface area contributed by atoms with Gasteiger partial charge in [-0.05, 0) is 19.4 Å². The lowest BCUT2D eigenvalue weighted by atomic mass is 9.94. The Balaban J connectivity index is 2.12. The molecular weight excluding hydrogens is 290 g/mol. The summed E-state index contributed by atoms with van der Waals surface area (Å²) in [6.07, 6.45) is 0.868. The number of nitrogen functional groups attached to an aromatic ring is 1. The molecule has 6 heteroatoms. The van der Waals surface area contributed by atoms with Gasteiger partial charge in [0, 0.05) is 16.5 Å². The van der Waals surface area contributed by atoms with Gasteiger partial charge in [-0.1, -0.05) is 25.6 Å². The number of nitrogens with two attached hydrogens (primary N) is 1. The first kappa shape index (κ1) is 14.1. The Kier molecular flexibility index (Phi) is 3.43. The third-order valence-electron chi connectivity index (χ3n) is 3.28. The molecule has 0 saturated carbocycles. The van der Waals surface area contributed by atoms with Gasteiger partial charge in [0.1, 0.15) is 10.6 Å². The topological polar surface area (TPSA) is 61.0 Å². The second-order valence-corrected chi connectivity index (χ2v) is 8.59. The number of ether oxygens (including phenoxy) is 1. The lowest BCUT2D eigenvalue weighted by Crippen LogP contribution is -2.31. The van der Waals surface area contributed by atoms with Crippen LogP contribution in [0.4, 0.5) is 5.82 Å². The van der Waals surface area contributed by atoms with Crippen LogP contribution in [-0.2, 0) is 17.8 Å². The molecule has 0 saturated heterocycles. The van der Waals surface area contributed by atoms with Crippen LogP contribution in [0.15, 0.2) is 5.16 Å². The maximum absolute atomic E-state index is 6.19. The quantitative estimate of drug-likeness (QED) is 0.678. The molecule has 2 N–H and O–H groups in total. The van der Waals surface area contributed by atoms with E-state index in [2.05, 4.69) is 37.7 Å². The van der Waals surface area contributed by atoms with E-state index in [4.69, 9.17) is 10.5 Å². The van der Waals surface area contributed by atoms with Crippen LogP contribution >= 0.6 is 23.1 Å². The van der Waals surface area contributed by atoms with Crippen molar-refractivity contribution in [3.63, 3.8) is 0 Å². The summed E-state index contributed by atoms with van der Waals surface area (Å²) in [5.74, 6) is 0.605. The zero-order chi connectivity index (χ0) is 14.5. The molecule has 0 amide bonds. The van der Waals surface area contributed by atoms with Gasteiger partial charge in [0.2, 0.25) is 0 Å². The van der Waals surface area contributed by atoms with E-state index in [1.54, 1.807) is 23.1 Å². The second kappa shape index (κ2) is 4.86. The highest BCUT2D eigenvalue weighted by Gasteiger charge is 2.30. The molecule has 0 fully saturated rings. The molecule has 108 valence electrons. The fraction of sp³-hybridized carbons (Fsp3) is 0.571. The molecule has 1 aliphatic heterocycles. The molecule has 3 heterocycles. The summed E-state index contributed by atoms with van der Waals surface area (Å²) in [7, 11) is 0. The Morgan fingerprint density at radius 3 is 2.80 bits per heavy atom. The van der Waals surface area contributed by atoms with Gasteiger partial charge in [-0.3, -0.25) is 0 Å². The van der Waals surface area contributed by atoms with E-state index < -0.39 is 0 Å². The number of fused-ring (bicyclic) bond motifs is 3. The largest absolute Gasteiger partial charge is 0.383 e. The van der Waals surface area contributed by atoms with Crippen molar-refractivity contribution < 1.29 is 4.74 Å². The van der Waals surface area contributed by atoms with Gasteiger partial charge >= 0.3 is 0 Å². The Morgan fingerprint density at radius 1 is 1.35 bits per heavy atom. The third kappa shape index (κ3) is 2.52. The molecule has 0 radical (unpaired) electrons. The fourth-order valence-electron chi connectivity index (χ4n) is 2.42. The normalized spacial score (nSPS) is 17.6. The van der Waals surface area contributed by atoms with Crippen molar-refractivity contribution in [2.45, 2.75) is 56.7 Å². The molecule has 3 rings (SSSR count). The molecule has 2 aromatic rings. The number of hydrogen-bond donors (Lipinski definition) is 1. The Hall–Kier alpha value is -0.850. The number of thiophene rings is 1. The van der Waals surface area contributed by atoms with Crippen LogP contribution in [0.1, 0.15) is 38.1 Å². The summed E-state index contributed by atoms with van der Waals surface area (Å²) in [6.45, 7) is 9.13. The molecule has 0 spiro atoms. The van der Waals surface area contributed by atoms with E-state index in [-0.39, 0.29) is 5.60 Å². The third-order valence-corrected chi connectivity index (χ3v) is 5.24. The standard InChI is InChI=1S/C14H19N3OS2/c1-7(2)19-13-16-11(15)10-8-5-14(3,4)18-6-9(8)20-12(10)17-13/h7H,5-6H2,1-4H3,(H2,15,16,17). The summed E-state index contributed by atoms with van der Waals surface area (Å²) in [5.41, 5.74) is 7.33. The number of aromatic nitrogens is 2. The number of hydrogen-bond acceptors (Lipinski definition) is 6. The van der Waals surface area contributed by atoms with Crippen molar-refractivity contribution in [2.24, 2.45) is 0 Å². The molecule has 0 unspecified atom stereocenters. The minimum absolute atomic E-state index is 0.140. The molecular formula is C14H19N3OS2. The summed E-state index contributed by atoms with van der Waals surface area (Å²) >= 11 is 3.33. The highest BCUT2D eigenvalue weighted by Crippen LogP contribution is 2.40. The summed E-state index contributed by atoms with van der Waals surface area (Å²) in [5, 5.41) is 2.25. The van der Waals surface area contributed by atoms with Crippen LogP contribution in [0, 0.1) is 0 Å².